The van der Waals surface area contributed by atoms with Crippen LogP contribution in [0.15, 0.2) is 16.6 Å². The molecule has 0 aliphatic carbocycles. The number of nitrogens with zero attached hydrogens (tertiary/aromatic N) is 1. The minimum Gasteiger partial charge on any atom is -0.383 e. The van der Waals surface area contributed by atoms with Gasteiger partial charge in [-0.3, -0.25) is 0 Å². The van der Waals surface area contributed by atoms with Gasteiger partial charge < -0.3 is 5.32 Å². The van der Waals surface area contributed by atoms with E-state index in [1.165, 1.54) is 6.07 Å². The molecule has 1 aromatic rings. The first-order chi connectivity index (χ1) is 8.25. The van der Waals surface area contributed by atoms with E-state index in [4.69, 9.17) is 5.26 Å². The third kappa shape index (κ3) is 3.64. The molecule has 6 heteroatoms. The summed E-state index contributed by atoms with van der Waals surface area (Å²) in [7, 11) is 0. The SMILES string of the molecule is Cc1cc(Br)cc(C)c1NCC(C#N)C(F)(F)F. The zero-order chi connectivity index (χ0) is 13.9. The molecule has 0 aliphatic rings. The molecule has 1 unspecified atom stereocenters. The van der Waals surface area contributed by atoms with Gasteiger partial charge in [0.2, 0.25) is 0 Å². The maximum atomic E-state index is 12.4. The van der Waals surface area contributed by atoms with E-state index >= 15 is 0 Å². The highest BCUT2D eigenvalue weighted by Crippen LogP contribution is 2.28. The monoisotopic (exact) mass is 320 g/mol. The van der Waals surface area contributed by atoms with Crippen LogP contribution < -0.4 is 5.32 Å². The number of alkyl halides is 3. The molecule has 0 aromatic heterocycles. The summed E-state index contributed by atoms with van der Waals surface area (Å²) in [4.78, 5) is 0. The summed E-state index contributed by atoms with van der Waals surface area (Å²) >= 11 is 3.31. The highest BCUT2D eigenvalue weighted by atomic mass is 79.9. The number of halogens is 4. The molecule has 98 valence electrons. The number of nitriles is 1. The number of aryl methyl sites for hydroxylation is 2. The van der Waals surface area contributed by atoms with E-state index in [0.717, 1.165) is 15.6 Å². The van der Waals surface area contributed by atoms with Crippen molar-refractivity contribution in [3.8, 4) is 6.07 Å². The van der Waals surface area contributed by atoms with E-state index in [9.17, 15) is 13.2 Å². The summed E-state index contributed by atoms with van der Waals surface area (Å²) in [6, 6.07) is 4.89. The Morgan fingerprint density at radius 3 is 2.22 bits per heavy atom. The van der Waals surface area contributed by atoms with Crippen molar-refractivity contribution < 1.29 is 13.2 Å². The van der Waals surface area contributed by atoms with Crippen molar-refractivity contribution in [3.05, 3.63) is 27.7 Å². The highest BCUT2D eigenvalue weighted by molar-refractivity contribution is 9.10. The van der Waals surface area contributed by atoms with Crippen LogP contribution in [-0.2, 0) is 0 Å². The number of hydrogen-bond donors (Lipinski definition) is 1. The third-order valence-corrected chi connectivity index (χ3v) is 2.99. The van der Waals surface area contributed by atoms with Gasteiger partial charge in [-0.1, -0.05) is 15.9 Å². The second-order valence-corrected chi connectivity index (χ2v) is 4.93. The Bertz CT molecular complexity index is 454. The molecular weight excluding hydrogens is 309 g/mol. The number of anilines is 1. The third-order valence-electron chi connectivity index (χ3n) is 2.53. The van der Waals surface area contributed by atoms with Gasteiger partial charge in [-0.05, 0) is 37.1 Å². The van der Waals surface area contributed by atoms with Crippen molar-refractivity contribution in [2.24, 2.45) is 5.92 Å². The fourth-order valence-corrected chi connectivity index (χ4v) is 2.31. The van der Waals surface area contributed by atoms with E-state index < -0.39 is 18.6 Å². The first-order valence-corrected chi connectivity index (χ1v) is 6.02. The Kier molecular flexibility index (Phi) is 4.63. The van der Waals surface area contributed by atoms with Crippen LogP contribution in [0.5, 0.6) is 0 Å². The molecule has 0 heterocycles. The Labute approximate surface area is 112 Å². The van der Waals surface area contributed by atoms with E-state index in [1.54, 1.807) is 13.8 Å². The second-order valence-electron chi connectivity index (χ2n) is 4.02. The second kappa shape index (κ2) is 5.61. The van der Waals surface area contributed by atoms with E-state index in [1.807, 2.05) is 12.1 Å². The molecule has 1 aromatic carbocycles. The van der Waals surface area contributed by atoms with Crippen LogP contribution in [0.25, 0.3) is 0 Å². The summed E-state index contributed by atoms with van der Waals surface area (Å²) in [5.74, 6) is -2.00. The molecular formula is C12H12BrF3N2. The van der Waals surface area contributed by atoms with Crippen LogP contribution in [0, 0.1) is 31.1 Å². The summed E-state index contributed by atoms with van der Waals surface area (Å²) < 4.78 is 38.1. The molecule has 18 heavy (non-hydrogen) atoms. The van der Waals surface area contributed by atoms with Crippen molar-refractivity contribution in [3.63, 3.8) is 0 Å². The van der Waals surface area contributed by atoms with Gasteiger partial charge in [-0.25, -0.2) is 0 Å². The Hall–Kier alpha value is -1.22. The highest BCUT2D eigenvalue weighted by Gasteiger charge is 2.39. The molecule has 0 saturated heterocycles. The number of nitrogens with one attached hydrogen (secondary N) is 1. The minimum atomic E-state index is -4.50. The van der Waals surface area contributed by atoms with Crippen LogP contribution in [0.4, 0.5) is 18.9 Å². The topological polar surface area (TPSA) is 35.8 Å². The molecule has 0 bridgehead atoms. The maximum absolute atomic E-state index is 12.4. The summed E-state index contributed by atoms with van der Waals surface area (Å²) in [5, 5.41) is 11.2. The Morgan fingerprint density at radius 1 is 1.33 bits per heavy atom. The van der Waals surface area contributed by atoms with Gasteiger partial charge in [0.15, 0.2) is 5.92 Å². The molecule has 2 nitrogen and oxygen atoms in total. The summed E-state index contributed by atoms with van der Waals surface area (Å²) in [5.41, 5.74) is 2.31. The van der Waals surface area contributed by atoms with Crippen molar-refractivity contribution in [1.82, 2.24) is 0 Å². The smallest absolute Gasteiger partial charge is 0.383 e. The van der Waals surface area contributed by atoms with Gasteiger partial charge in [0.25, 0.3) is 0 Å². The first-order valence-electron chi connectivity index (χ1n) is 5.22. The lowest BCUT2D eigenvalue weighted by Crippen LogP contribution is -2.28. The van der Waals surface area contributed by atoms with Crippen molar-refractivity contribution >= 4 is 21.6 Å². The maximum Gasteiger partial charge on any atom is 0.406 e. The summed E-state index contributed by atoms with van der Waals surface area (Å²) in [6.45, 7) is 3.16. The zero-order valence-electron chi connectivity index (χ0n) is 9.90. The van der Waals surface area contributed by atoms with Crippen LogP contribution >= 0.6 is 15.9 Å². The van der Waals surface area contributed by atoms with Crippen LogP contribution in [-0.4, -0.2) is 12.7 Å². The molecule has 1 rings (SSSR count). The lowest BCUT2D eigenvalue weighted by Gasteiger charge is -2.17. The van der Waals surface area contributed by atoms with Crippen molar-refractivity contribution in [2.75, 3.05) is 11.9 Å². The lowest BCUT2D eigenvalue weighted by atomic mass is 10.1. The van der Waals surface area contributed by atoms with Gasteiger partial charge in [0.1, 0.15) is 0 Å². The molecule has 1 N–H and O–H groups in total. The first kappa shape index (κ1) is 14.8. The van der Waals surface area contributed by atoms with Gasteiger partial charge in [-0.15, -0.1) is 0 Å². The van der Waals surface area contributed by atoms with Gasteiger partial charge in [0.05, 0.1) is 6.07 Å². The fourth-order valence-electron chi connectivity index (χ4n) is 1.63. The number of rotatable bonds is 3. The lowest BCUT2D eigenvalue weighted by molar-refractivity contribution is -0.155. The molecule has 0 spiro atoms. The predicted molar refractivity (Wildman–Crippen MR) is 67.3 cm³/mol. The standard InChI is InChI=1S/C12H12BrF3N2/c1-7-3-10(13)4-8(2)11(7)18-6-9(5-17)12(14,15)16/h3-4,9,18H,6H2,1-2H3. The average Bonchev–Trinajstić information content (AvgIpc) is 2.19. The van der Waals surface area contributed by atoms with Crippen LogP contribution in [0.2, 0.25) is 0 Å². The predicted octanol–water partition coefficient (Wildman–Crippen LogP) is 4.18. The van der Waals surface area contributed by atoms with E-state index in [2.05, 4.69) is 21.2 Å². The number of hydrogen-bond acceptors (Lipinski definition) is 2. The molecule has 0 aliphatic heterocycles. The van der Waals surface area contributed by atoms with Gasteiger partial charge >= 0.3 is 6.18 Å². The largest absolute Gasteiger partial charge is 0.406 e. The molecule has 0 fully saturated rings. The number of benzene rings is 1. The normalized spacial score (nSPS) is 12.9. The van der Waals surface area contributed by atoms with Crippen molar-refractivity contribution in [2.45, 2.75) is 20.0 Å². The molecule has 1 atom stereocenters. The minimum absolute atomic E-state index is 0.441. The van der Waals surface area contributed by atoms with E-state index in [-0.39, 0.29) is 0 Å². The van der Waals surface area contributed by atoms with Gasteiger partial charge in [-0.2, -0.15) is 18.4 Å². The average molecular weight is 321 g/mol. The molecule has 0 radical (unpaired) electrons. The van der Waals surface area contributed by atoms with Crippen molar-refractivity contribution in [1.29, 1.82) is 5.26 Å². The summed E-state index contributed by atoms with van der Waals surface area (Å²) in [6.07, 6.45) is -4.50. The zero-order valence-corrected chi connectivity index (χ0v) is 11.5. The van der Waals surface area contributed by atoms with Gasteiger partial charge in [0, 0.05) is 16.7 Å². The molecule has 0 saturated carbocycles. The van der Waals surface area contributed by atoms with Crippen LogP contribution in [0.3, 0.4) is 0 Å². The Morgan fingerprint density at radius 2 is 1.83 bits per heavy atom. The quantitative estimate of drug-likeness (QED) is 0.906. The Balaban J connectivity index is 2.85. The molecule has 0 amide bonds. The fraction of sp³-hybridized carbons (Fsp3) is 0.417. The van der Waals surface area contributed by atoms with Crippen LogP contribution in [0.1, 0.15) is 11.1 Å². The van der Waals surface area contributed by atoms with E-state index in [0.29, 0.717) is 5.69 Å².